The predicted molar refractivity (Wildman–Crippen MR) is 92.3 cm³/mol. The molecule has 146 valence electrons. The molecule has 0 unspecified atom stereocenters. The second-order valence-corrected chi connectivity index (χ2v) is 6.26. The van der Waals surface area contributed by atoms with Crippen molar-refractivity contribution in [3.63, 3.8) is 0 Å². The number of amides is 1. The zero-order valence-corrected chi connectivity index (χ0v) is 15.5. The zero-order chi connectivity index (χ0) is 20.3. The van der Waals surface area contributed by atoms with Crippen LogP contribution in [0.5, 0.6) is 0 Å². The van der Waals surface area contributed by atoms with Gasteiger partial charge in [0.15, 0.2) is 11.8 Å². The second-order valence-electron chi connectivity index (χ2n) is 6.26. The van der Waals surface area contributed by atoms with Gasteiger partial charge < -0.3 is 25.7 Å². The third-order valence-corrected chi connectivity index (χ3v) is 3.63. The minimum Gasteiger partial charge on any atom is -0.548 e. The monoisotopic (exact) mass is 368 g/mol. The third-order valence-electron chi connectivity index (χ3n) is 3.63. The highest BCUT2D eigenvalue weighted by atomic mass is 16.5. The molecular weight excluding hydrogens is 340 g/mol. The van der Waals surface area contributed by atoms with Gasteiger partial charge in [0.2, 0.25) is 0 Å². The molecule has 1 amide bonds. The van der Waals surface area contributed by atoms with Crippen LogP contribution in [0.2, 0.25) is 0 Å². The molecule has 2 atom stereocenters. The number of quaternary nitrogens is 1. The van der Waals surface area contributed by atoms with Crippen molar-refractivity contribution < 1.29 is 34.8 Å². The molecule has 0 aromatic carbocycles. The Kier molecular flexibility index (Phi) is 10.8. The normalized spacial score (nSPS) is 12.6. The van der Waals surface area contributed by atoms with Crippen LogP contribution in [-0.2, 0) is 23.9 Å². The van der Waals surface area contributed by atoms with Gasteiger partial charge in [0.25, 0.3) is 5.91 Å². The molecule has 0 aliphatic heterocycles. The van der Waals surface area contributed by atoms with Gasteiger partial charge in [0.05, 0.1) is 5.97 Å². The first kappa shape index (κ1) is 23.5. The number of ketones is 1. The Labute approximate surface area is 153 Å². The fourth-order valence-electron chi connectivity index (χ4n) is 1.94. The summed E-state index contributed by atoms with van der Waals surface area (Å²) in [4.78, 5) is 45.8. The average Bonchev–Trinajstić information content (AvgIpc) is 2.56. The summed E-state index contributed by atoms with van der Waals surface area (Å²) in [6.45, 7) is 9.50. The summed E-state index contributed by atoms with van der Waals surface area (Å²) in [7, 11) is 0. The molecule has 4 N–H and O–H groups in total. The number of Topliss-reactive ketones (excluding diaryl/α,β-unsaturated/α-hetero) is 1. The maximum Gasteiger partial charge on any atom is 0.333 e. The lowest BCUT2D eigenvalue weighted by molar-refractivity contribution is -0.405. The molecule has 0 aromatic heterocycles. The number of hydrogen-bond acceptors (Lipinski definition) is 6. The highest BCUT2D eigenvalue weighted by Gasteiger charge is 2.22. The molecule has 0 aromatic rings. The predicted octanol–water partition coefficient (Wildman–Crippen LogP) is -0.953. The van der Waals surface area contributed by atoms with E-state index in [1.165, 1.54) is 6.92 Å². The van der Waals surface area contributed by atoms with Crippen molar-refractivity contribution in [2.24, 2.45) is 0 Å². The highest BCUT2D eigenvalue weighted by molar-refractivity contribution is 5.94. The van der Waals surface area contributed by atoms with Crippen LogP contribution in [0.15, 0.2) is 24.3 Å². The lowest BCUT2D eigenvalue weighted by Gasteiger charge is -2.20. The fraction of sp³-hybridized carbons (Fsp3) is 0.556. The minimum absolute atomic E-state index is 0.0232. The summed E-state index contributed by atoms with van der Waals surface area (Å²) < 4.78 is 4.73. The van der Waals surface area contributed by atoms with Gasteiger partial charge in [0.1, 0.15) is 12.6 Å². The van der Waals surface area contributed by atoms with Crippen molar-refractivity contribution in [2.45, 2.75) is 58.0 Å². The van der Waals surface area contributed by atoms with Crippen molar-refractivity contribution in [1.29, 1.82) is 0 Å². The summed E-state index contributed by atoms with van der Waals surface area (Å²) in [6, 6.07) is -2.12. The molecule has 0 aliphatic rings. The van der Waals surface area contributed by atoms with Crippen LogP contribution < -0.4 is 16.2 Å². The Hall–Kier alpha value is -2.48. The van der Waals surface area contributed by atoms with Gasteiger partial charge in [0, 0.05) is 18.4 Å². The van der Waals surface area contributed by atoms with E-state index in [1.807, 2.05) is 0 Å². The summed E-state index contributed by atoms with van der Waals surface area (Å²) in [5.41, 5.74) is 4.35. The molecule has 0 rings (SSSR count). The van der Waals surface area contributed by atoms with E-state index in [4.69, 9.17) is 4.74 Å². The van der Waals surface area contributed by atoms with Crippen LogP contribution in [-0.4, -0.2) is 42.3 Å². The number of esters is 1. The number of ether oxygens (including phenoxy) is 1. The quantitative estimate of drug-likeness (QED) is 0.244. The second kappa shape index (κ2) is 12.0. The van der Waals surface area contributed by atoms with Crippen LogP contribution in [0.3, 0.4) is 0 Å². The van der Waals surface area contributed by atoms with Gasteiger partial charge >= 0.3 is 5.97 Å². The standard InChI is InChI=1S/C18H28N2O6/c1-11(2)15(21)9-7-5-6-8-13(19)16(22)20-14(17(23)24)10-26-18(25)12(3)4/h13-14H,1,3,5-10,19H2,2,4H3,(H,20,22)(H,23,24)/t13-,14-/m0/s1. The van der Waals surface area contributed by atoms with E-state index in [2.05, 4.69) is 24.2 Å². The summed E-state index contributed by atoms with van der Waals surface area (Å²) in [6.07, 6.45) is 2.98. The van der Waals surface area contributed by atoms with Gasteiger partial charge in [-0.15, -0.1) is 0 Å². The van der Waals surface area contributed by atoms with E-state index in [9.17, 15) is 24.3 Å². The van der Waals surface area contributed by atoms with Gasteiger partial charge in [-0.05, 0) is 32.3 Å². The van der Waals surface area contributed by atoms with Crippen molar-refractivity contribution in [3.05, 3.63) is 24.3 Å². The lowest BCUT2D eigenvalue weighted by atomic mass is 10.0. The van der Waals surface area contributed by atoms with Crippen LogP contribution in [0.1, 0.15) is 46.0 Å². The molecular formula is C18H28N2O6. The minimum atomic E-state index is -1.56. The largest absolute Gasteiger partial charge is 0.548 e. The molecule has 26 heavy (non-hydrogen) atoms. The molecule has 0 radical (unpaired) electrons. The lowest BCUT2D eigenvalue weighted by Crippen LogP contribution is -2.69. The molecule has 8 nitrogen and oxygen atoms in total. The Morgan fingerprint density at radius 1 is 1.08 bits per heavy atom. The SMILES string of the molecule is C=C(C)C(=O)CCCCC[C@H]([NH3+])C(=O)N[C@@H](COC(=O)C(=C)C)C(=O)[O-]. The molecule has 0 saturated heterocycles. The Morgan fingerprint density at radius 3 is 2.19 bits per heavy atom. The first-order valence-corrected chi connectivity index (χ1v) is 8.41. The molecule has 0 saturated carbocycles. The number of carbonyl (C=O) groups is 4. The van der Waals surface area contributed by atoms with E-state index >= 15 is 0 Å². The van der Waals surface area contributed by atoms with Crippen LogP contribution in [0.4, 0.5) is 0 Å². The van der Waals surface area contributed by atoms with E-state index in [0.29, 0.717) is 31.3 Å². The maximum absolute atomic E-state index is 12.0. The molecule has 0 heterocycles. The van der Waals surface area contributed by atoms with Crippen LogP contribution in [0.25, 0.3) is 0 Å². The van der Waals surface area contributed by atoms with Gasteiger partial charge in [-0.3, -0.25) is 9.59 Å². The Bertz CT molecular complexity index is 570. The Morgan fingerprint density at radius 2 is 1.69 bits per heavy atom. The van der Waals surface area contributed by atoms with Crippen LogP contribution in [0, 0.1) is 0 Å². The number of allylic oxidation sites excluding steroid dienone is 1. The first-order valence-electron chi connectivity index (χ1n) is 8.41. The van der Waals surface area contributed by atoms with Crippen molar-refractivity contribution in [2.75, 3.05) is 6.61 Å². The van der Waals surface area contributed by atoms with Gasteiger partial charge in [-0.25, -0.2) is 4.79 Å². The maximum atomic E-state index is 12.0. The fourth-order valence-corrected chi connectivity index (χ4v) is 1.94. The summed E-state index contributed by atoms with van der Waals surface area (Å²) >= 11 is 0. The smallest absolute Gasteiger partial charge is 0.333 e. The number of rotatable bonds is 13. The number of carboxylic acids is 1. The Balaban J connectivity index is 4.25. The average molecular weight is 368 g/mol. The molecule has 0 fully saturated rings. The number of aliphatic carboxylic acids is 1. The van der Waals surface area contributed by atoms with E-state index in [-0.39, 0.29) is 11.4 Å². The van der Waals surface area contributed by atoms with Crippen molar-refractivity contribution >= 4 is 23.6 Å². The van der Waals surface area contributed by atoms with Gasteiger partial charge in [-0.2, -0.15) is 0 Å². The highest BCUT2D eigenvalue weighted by Crippen LogP contribution is 2.07. The van der Waals surface area contributed by atoms with E-state index in [1.54, 1.807) is 6.92 Å². The molecule has 0 aliphatic carbocycles. The molecule has 0 bridgehead atoms. The van der Waals surface area contributed by atoms with E-state index in [0.717, 1.165) is 6.42 Å². The van der Waals surface area contributed by atoms with Crippen LogP contribution >= 0.6 is 0 Å². The number of carbonyl (C=O) groups excluding carboxylic acids is 4. The molecule has 8 heteroatoms. The number of unbranched alkanes of at least 4 members (excludes halogenated alkanes) is 2. The summed E-state index contributed by atoms with van der Waals surface area (Å²) in [5.74, 6) is -2.85. The topological polar surface area (TPSA) is 140 Å². The van der Waals surface area contributed by atoms with E-state index < -0.39 is 36.5 Å². The van der Waals surface area contributed by atoms with Crippen molar-refractivity contribution in [1.82, 2.24) is 5.32 Å². The third kappa shape index (κ3) is 9.73. The number of nitrogens with one attached hydrogen (secondary N) is 1. The number of carboxylic acid groups (broad SMARTS) is 1. The van der Waals surface area contributed by atoms with Crippen molar-refractivity contribution in [3.8, 4) is 0 Å². The zero-order valence-electron chi connectivity index (χ0n) is 15.5. The summed E-state index contributed by atoms with van der Waals surface area (Å²) in [5, 5.41) is 13.3. The number of hydrogen-bond donors (Lipinski definition) is 2. The first-order chi connectivity index (χ1) is 12.1. The van der Waals surface area contributed by atoms with Gasteiger partial charge in [-0.1, -0.05) is 19.6 Å². The molecule has 0 spiro atoms.